The number of likely N-dealkylation sites (tertiary alicyclic amines) is 1. The Labute approximate surface area is 127 Å². The first kappa shape index (κ1) is 15.7. The third kappa shape index (κ3) is 4.41. The largest absolute Gasteiger partial charge is 0.478 e. The first-order valence-electron chi connectivity index (χ1n) is 7.00. The third-order valence-electron chi connectivity index (χ3n) is 3.32. The maximum absolute atomic E-state index is 12.4. The van der Waals surface area contributed by atoms with Crippen molar-refractivity contribution in [2.45, 2.75) is 25.9 Å². The quantitative estimate of drug-likeness (QED) is 0.849. The predicted molar refractivity (Wildman–Crippen MR) is 81.5 cm³/mol. The highest BCUT2D eigenvalue weighted by Crippen LogP contribution is 2.21. The van der Waals surface area contributed by atoms with Gasteiger partial charge in [0.05, 0.1) is 11.7 Å². The van der Waals surface area contributed by atoms with Crippen LogP contribution in [0.4, 0.5) is 0 Å². The molecule has 1 N–H and O–H groups in total. The van der Waals surface area contributed by atoms with E-state index >= 15 is 0 Å². The molecule has 0 radical (unpaired) electrons. The van der Waals surface area contributed by atoms with E-state index in [1.54, 1.807) is 11.4 Å². The van der Waals surface area contributed by atoms with Crippen molar-refractivity contribution in [2.75, 3.05) is 19.7 Å². The summed E-state index contributed by atoms with van der Waals surface area (Å²) in [4.78, 5) is 25.5. The van der Waals surface area contributed by atoms with Gasteiger partial charge in [0.25, 0.3) is 5.91 Å². The molecule has 1 atom stereocenters. The second kappa shape index (κ2) is 7.38. The average molecular weight is 309 g/mol. The number of hydrogen-bond donors (Lipinski definition) is 1. The molecular weight excluding hydrogens is 290 g/mol. The Morgan fingerprint density at radius 1 is 1.57 bits per heavy atom. The van der Waals surface area contributed by atoms with Gasteiger partial charge >= 0.3 is 5.97 Å². The molecule has 1 aliphatic rings. The molecule has 0 saturated carbocycles. The first-order valence-corrected chi connectivity index (χ1v) is 7.88. The van der Waals surface area contributed by atoms with Gasteiger partial charge in [0.2, 0.25) is 0 Å². The Morgan fingerprint density at radius 2 is 2.38 bits per heavy atom. The van der Waals surface area contributed by atoms with Gasteiger partial charge in [-0.3, -0.25) is 4.79 Å². The number of rotatable bonds is 5. The maximum Gasteiger partial charge on any atom is 0.328 e. The van der Waals surface area contributed by atoms with Crippen LogP contribution >= 0.6 is 11.3 Å². The maximum atomic E-state index is 12.4. The molecule has 5 nitrogen and oxygen atoms in total. The molecule has 21 heavy (non-hydrogen) atoms. The molecule has 2 rings (SSSR count). The summed E-state index contributed by atoms with van der Waals surface area (Å²) in [5, 5.41) is 10.4. The van der Waals surface area contributed by atoms with Crippen molar-refractivity contribution < 1.29 is 19.4 Å². The highest BCUT2D eigenvalue weighted by molar-refractivity contribution is 7.11. The lowest BCUT2D eigenvalue weighted by Gasteiger charge is -2.32. The number of carboxylic acids is 1. The topological polar surface area (TPSA) is 66.8 Å². The second-order valence-corrected chi connectivity index (χ2v) is 5.82. The van der Waals surface area contributed by atoms with Gasteiger partial charge in [-0.25, -0.2) is 4.79 Å². The van der Waals surface area contributed by atoms with Crippen LogP contribution in [0, 0.1) is 0 Å². The second-order valence-electron chi connectivity index (χ2n) is 4.88. The number of nitrogens with zero attached hydrogens (tertiary/aromatic N) is 1. The van der Waals surface area contributed by atoms with E-state index in [2.05, 4.69) is 0 Å². The molecule has 1 aromatic rings. The molecule has 1 fully saturated rings. The summed E-state index contributed by atoms with van der Waals surface area (Å²) < 4.78 is 5.60. The number of piperidine rings is 1. The Balaban J connectivity index is 2.01. The number of ether oxygens (including phenoxy) is 1. The van der Waals surface area contributed by atoms with E-state index in [1.165, 1.54) is 17.4 Å². The normalized spacial score (nSPS) is 19.1. The zero-order chi connectivity index (χ0) is 15.2. The van der Waals surface area contributed by atoms with E-state index in [9.17, 15) is 9.59 Å². The van der Waals surface area contributed by atoms with Crippen LogP contribution in [0.25, 0.3) is 6.08 Å². The average Bonchev–Trinajstić information content (AvgIpc) is 2.94. The Hall–Kier alpha value is -1.66. The summed E-state index contributed by atoms with van der Waals surface area (Å²) in [7, 11) is 0. The number of carboxylic acid groups (broad SMARTS) is 1. The summed E-state index contributed by atoms with van der Waals surface area (Å²) in [5.74, 6) is -1.00. The van der Waals surface area contributed by atoms with Gasteiger partial charge in [0.1, 0.15) is 0 Å². The van der Waals surface area contributed by atoms with Gasteiger partial charge in [-0.05, 0) is 31.9 Å². The molecule has 0 aliphatic carbocycles. The summed E-state index contributed by atoms with van der Waals surface area (Å²) >= 11 is 1.37. The number of thiophene rings is 1. The monoisotopic (exact) mass is 309 g/mol. The van der Waals surface area contributed by atoms with E-state index in [0.717, 1.165) is 30.3 Å². The smallest absolute Gasteiger partial charge is 0.328 e. The molecule has 1 saturated heterocycles. The zero-order valence-corrected chi connectivity index (χ0v) is 12.8. The standard InChI is InChI=1S/C15H19NO4S/c1-2-20-12-4-3-7-16(9-12)15(19)11-8-13(21-10-11)5-6-14(17)18/h5-6,8,10,12H,2-4,7,9H2,1H3,(H,17,18). The lowest BCUT2D eigenvalue weighted by atomic mass is 10.1. The number of amides is 1. The van der Waals surface area contributed by atoms with Crippen LogP contribution in [-0.2, 0) is 9.53 Å². The Morgan fingerprint density at radius 3 is 3.10 bits per heavy atom. The molecule has 1 aliphatic heterocycles. The number of carbonyl (C=O) groups is 2. The van der Waals surface area contributed by atoms with Crippen molar-refractivity contribution in [3.63, 3.8) is 0 Å². The Kier molecular flexibility index (Phi) is 5.52. The van der Waals surface area contributed by atoms with Gasteiger partial charge in [0.15, 0.2) is 0 Å². The van der Waals surface area contributed by atoms with Crippen LogP contribution in [0.15, 0.2) is 17.5 Å². The van der Waals surface area contributed by atoms with Crippen molar-refractivity contribution in [1.29, 1.82) is 0 Å². The number of carbonyl (C=O) groups excluding carboxylic acids is 1. The van der Waals surface area contributed by atoms with Crippen molar-refractivity contribution >= 4 is 29.3 Å². The van der Waals surface area contributed by atoms with Gasteiger partial charge in [-0.1, -0.05) is 0 Å². The van der Waals surface area contributed by atoms with Crippen LogP contribution < -0.4 is 0 Å². The number of aliphatic carboxylic acids is 1. The number of hydrogen-bond acceptors (Lipinski definition) is 4. The van der Waals surface area contributed by atoms with E-state index < -0.39 is 5.97 Å². The highest BCUT2D eigenvalue weighted by atomic mass is 32.1. The Bertz CT molecular complexity index is 536. The molecule has 1 amide bonds. The fourth-order valence-corrected chi connectivity index (χ4v) is 3.16. The molecule has 6 heteroatoms. The minimum atomic E-state index is -0.994. The molecule has 114 valence electrons. The van der Waals surface area contributed by atoms with Gasteiger partial charge in [-0.15, -0.1) is 11.3 Å². The van der Waals surface area contributed by atoms with Crippen molar-refractivity contribution in [3.8, 4) is 0 Å². The van der Waals surface area contributed by atoms with Crippen LogP contribution in [0.3, 0.4) is 0 Å². The third-order valence-corrected chi connectivity index (χ3v) is 4.22. The molecule has 1 aromatic heterocycles. The van der Waals surface area contributed by atoms with Crippen LogP contribution in [0.2, 0.25) is 0 Å². The van der Waals surface area contributed by atoms with Crippen molar-refractivity contribution in [2.24, 2.45) is 0 Å². The van der Waals surface area contributed by atoms with Gasteiger partial charge in [0, 0.05) is 36.0 Å². The van der Waals surface area contributed by atoms with Crippen molar-refractivity contribution in [3.05, 3.63) is 28.0 Å². The highest BCUT2D eigenvalue weighted by Gasteiger charge is 2.25. The predicted octanol–water partition coefficient (Wildman–Crippen LogP) is 2.49. The van der Waals surface area contributed by atoms with Crippen LogP contribution in [-0.4, -0.2) is 47.7 Å². The van der Waals surface area contributed by atoms with E-state index in [0.29, 0.717) is 18.7 Å². The minimum Gasteiger partial charge on any atom is -0.478 e. The SMILES string of the molecule is CCOC1CCCN(C(=O)c2csc(C=CC(=O)O)c2)C1. The fourth-order valence-electron chi connectivity index (χ4n) is 2.38. The molecular formula is C15H19NO4S. The molecule has 1 unspecified atom stereocenters. The van der Waals surface area contributed by atoms with Crippen molar-refractivity contribution in [1.82, 2.24) is 4.90 Å². The lowest BCUT2D eigenvalue weighted by molar-refractivity contribution is -0.131. The summed E-state index contributed by atoms with van der Waals surface area (Å²) in [6.45, 7) is 4.00. The summed E-state index contributed by atoms with van der Waals surface area (Å²) in [5.41, 5.74) is 0.613. The summed E-state index contributed by atoms with van der Waals surface area (Å²) in [6.07, 6.45) is 4.65. The van der Waals surface area contributed by atoms with E-state index in [1.807, 2.05) is 11.8 Å². The molecule has 0 aromatic carbocycles. The molecule has 2 heterocycles. The first-order chi connectivity index (χ1) is 10.1. The minimum absolute atomic E-state index is 0.00868. The van der Waals surface area contributed by atoms with E-state index in [-0.39, 0.29) is 12.0 Å². The molecule has 0 spiro atoms. The van der Waals surface area contributed by atoms with Gasteiger partial charge in [-0.2, -0.15) is 0 Å². The van der Waals surface area contributed by atoms with Crippen LogP contribution in [0.1, 0.15) is 35.0 Å². The molecule has 0 bridgehead atoms. The summed E-state index contributed by atoms with van der Waals surface area (Å²) in [6, 6.07) is 1.73. The zero-order valence-electron chi connectivity index (χ0n) is 11.9. The van der Waals surface area contributed by atoms with Crippen LogP contribution in [0.5, 0.6) is 0 Å². The van der Waals surface area contributed by atoms with E-state index in [4.69, 9.17) is 9.84 Å². The lowest BCUT2D eigenvalue weighted by Crippen LogP contribution is -2.43. The van der Waals surface area contributed by atoms with Gasteiger partial charge < -0.3 is 14.7 Å². The fraction of sp³-hybridized carbons (Fsp3) is 0.467.